The second-order valence-electron chi connectivity index (χ2n) is 4.17. The van der Waals surface area contributed by atoms with Crippen LogP contribution in [0.3, 0.4) is 0 Å². The largest absolute Gasteiger partial charge is 0.497 e. The molecule has 0 N–H and O–H groups in total. The van der Waals surface area contributed by atoms with Crippen LogP contribution in [0.1, 0.15) is 16.7 Å². The molecule has 19 heavy (non-hydrogen) atoms. The lowest BCUT2D eigenvalue weighted by molar-refractivity contribution is -0.0979. The Bertz CT molecular complexity index is 423. The maximum atomic E-state index is 8.00. The third-order valence-electron chi connectivity index (χ3n) is 2.47. The first-order valence-electron chi connectivity index (χ1n) is 6.04. The highest BCUT2D eigenvalue weighted by molar-refractivity contribution is 5.25. The Balaban J connectivity index is 0.000000303. The average Bonchev–Trinajstić information content (AvgIpc) is 2.46. The van der Waals surface area contributed by atoms with Crippen molar-refractivity contribution in [1.82, 2.24) is 0 Å². The van der Waals surface area contributed by atoms with Crippen LogP contribution >= 0.6 is 0 Å². The van der Waals surface area contributed by atoms with E-state index in [2.05, 4.69) is 45.0 Å². The smallest absolute Gasteiger partial charge is 0.118 e. The topological polar surface area (TPSA) is 26.3 Å². The van der Waals surface area contributed by atoms with Gasteiger partial charge in [-0.05, 0) is 32.9 Å². The van der Waals surface area contributed by atoms with E-state index in [1.807, 2.05) is 31.1 Å². The van der Waals surface area contributed by atoms with Crippen LogP contribution < -0.4 is 4.74 Å². The summed E-state index contributed by atoms with van der Waals surface area (Å²) in [6.45, 7) is 8.25. The van der Waals surface area contributed by atoms with Gasteiger partial charge in [-0.15, -0.1) is 0 Å². The van der Waals surface area contributed by atoms with Crippen molar-refractivity contribution in [3.8, 4) is 5.75 Å². The molecule has 2 rings (SSSR count). The van der Waals surface area contributed by atoms with E-state index in [-0.39, 0.29) is 0 Å². The Morgan fingerprint density at radius 1 is 0.684 bits per heavy atom. The number of hydrogen-bond acceptors (Lipinski definition) is 2. The molecule has 2 aromatic rings. The molecule has 0 atom stereocenters. The van der Waals surface area contributed by atoms with Gasteiger partial charge in [-0.1, -0.05) is 53.1 Å². The number of hydrogen-bond donors (Lipinski definition) is 0. The van der Waals surface area contributed by atoms with Crippen molar-refractivity contribution in [1.29, 1.82) is 0 Å². The Hall–Kier alpha value is -2.09. The van der Waals surface area contributed by atoms with Gasteiger partial charge in [0.15, 0.2) is 0 Å². The predicted molar refractivity (Wildman–Crippen MR) is 80.8 cm³/mol. The fourth-order valence-electron chi connectivity index (χ4n) is 1.31. The van der Waals surface area contributed by atoms with Crippen molar-refractivity contribution in [3.05, 3.63) is 65.2 Å². The number of carbonyl (C=O) groups is 1. The van der Waals surface area contributed by atoms with E-state index < -0.39 is 0 Å². The van der Waals surface area contributed by atoms with E-state index >= 15 is 0 Å². The van der Waals surface area contributed by atoms with Gasteiger partial charge in [0.05, 0.1) is 7.11 Å². The zero-order valence-corrected chi connectivity index (χ0v) is 12.1. The molecule has 0 fully saturated rings. The van der Waals surface area contributed by atoms with Crippen molar-refractivity contribution in [3.63, 3.8) is 0 Å². The highest BCUT2D eigenvalue weighted by Gasteiger charge is 1.85. The van der Waals surface area contributed by atoms with Gasteiger partial charge in [0, 0.05) is 0 Å². The van der Waals surface area contributed by atoms with Crippen LogP contribution in [0.4, 0.5) is 0 Å². The summed E-state index contributed by atoms with van der Waals surface area (Å²) in [6, 6.07) is 16.4. The maximum Gasteiger partial charge on any atom is 0.118 e. The Morgan fingerprint density at radius 2 is 0.947 bits per heavy atom. The van der Waals surface area contributed by atoms with E-state index in [9.17, 15) is 0 Å². The standard InChI is InChI=1S/C8H10O.C8H10.CH2O/c1-7-3-5-8(9-2)6-4-7;1-7-3-5-8(2)6-4-7;1-2/h3-6H,1-2H3;3-6H,1-2H3;1H2. The molecular formula is C17H22O2. The fraction of sp³-hybridized carbons (Fsp3) is 0.235. The zero-order valence-electron chi connectivity index (χ0n) is 12.1. The molecule has 0 radical (unpaired) electrons. The number of benzene rings is 2. The number of ether oxygens (including phenoxy) is 1. The molecule has 0 amide bonds. The molecule has 0 saturated heterocycles. The van der Waals surface area contributed by atoms with Crippen molar-refractivity contribution in [2.75, 3.05) is 7.11 Å². The highest BCUT2D eigenvalue weighted by atomic mass is 16.5. The lowest BCUT2D eigenvalue weighted by Crippen LogP contribution is -1.80. The summed E-state index contributed by atoms with van der Waals surface area (Å²) in [6.07, 6.45) is 0. The Labute approximate surface area is 116 Å². The molecule has 0 saturated carbocycles. The maximum absolute atomic E-state index is 8.00. The minimum atomic E-state index is 0.917. The molecule has 0 aliphatic rings. The van der Waals surface area contributed by atoms with Gasteiger partial charge in [0.1, 0.15) is 12.5 Å². The summed E-state index contributed by atoms with van der Waals surface area (Å²) in [4.78, 5) is 8.00. The van der Waals surface area contributed by atoms with E-state index in [0.29, 0.717) is 0 Å². The molecule has 0 aromatic heterocycles. The second-order valence-corrected chi connectivity index (χ2v) is 4.17. The predicted octanol–water partition coefficient (Wildman–Crippen LogP) is 4.12. The van der Waals surface area contributed by atoms with Crippen LogP contribution in [0.25, 0.3) is 0 Å². The first kappa shape index (κ1) is 16.9. The first-order chi connectivity index (χ1) is 9.11. The molecule has 0 heterocycles. The number of aryl methyl sites for hydroxylation is 3. The van der Waals surface area contributed by atoms with Crippen molar-refractivity contribution in [2.24, 2.45) is 0 Å². The van der Waals surface area contributed by atoms with Gasteiger partial charge in [-0.25, -0.2) is 0 Å². The van der Waals surface area contributed by atoms with E-state index in [4.69, 9.17) is 9.53 Å². The van der Waals surface area contributed by atoms with Gasteiger partial charge >= 0.3 is 0 Å². The van der Waals surface area contributed by atoms with Crippen LogP contribution in [0.15, 0.2) is 48.5 Å². The van der Waals surface area contributed by atoms with Crippen molar-refractivity contribution in [2.45, 2.75) is 20.8 Å². The summed E-state index contributed by atoms with van der Waals surface area (Å²) >= 11 is 0. The SMILES string of the molecule is C=O.COc1ccc(C)cc1.Cc1ccc(C)cc1. The summed E-state index contributed by atoms with van der Waals surface area (Å²) in [5.41, 5.74) is 3.92. The van der Waals surface area contributed by atoms with Gasteiger partial charge in [-0.3, -0.25) is 0 Å². The summed E-state index contributed by atoms with van der Waals surface area (Å²) in [5.74, 6) is 0.917. The van der Waals surface area contributed by atoms with Crippen LogP contribution in [0, 0.1) is 20.8 Å². The van der Waals surface area contributed by atoms with Crippen LogP contribution in [0.5, 0.6) is 5.75 Å². The lowest BCUT2D eigenvalue weighted by Gasteiger charge is -1.97. The lowest BCUT2D eigenvalue weighted by atomic mass is 10.2. The Kier molecular flexibility index (Phi) is 8.80. The van der Waals surface area contributed by atoms with E-state index in [1.165, 1.54) is 16.7 Å². The molecule has 0 unspecified atom stereocenters. The van der Waals surface area contributed by atoms with Gasteiger partial charge in [0.25, 0.3) is 0 Å². The Morgan fingerprint density at radius 3 is 1.21 bits per heavy atom. The van der Waals surface area contributed by atoms with Gasteiger partial charge in [-0.2, -0.15) is 0 Å². The molecule has 2 nitrogen and oxygen atoms in total. The molecular weight excluding hydrogens is 236 g/mol. The van der Waals surface area contributed by atoms with E-state index in [0.717, 1.165) is 5.75 Å². The molecule has 2 aromatic carbocycles. The molecule has 0 aliphatic heterocycles. The van der Waals surface area contributed by atoms with Crippen LogP contribution in [-0.4, -0.2) is 13.9 Å². The van der Waals surface area contributed by atoms with Gasteiger partial charge < -0.3 is 9.53 Å². The minimum Gasteiger partial charge on any atom is -0.497 e. The van der Waals surface area contributed by atoms with Gasteiger partial charge in [0.2, 0.25) is 0 Å². The quantitative estimate of drug-likeness (QED) is 0.769. The molecule has 0 aliphatic carbocycles. The third-order valence-corrected chi connectivity index (χ3v) is 2.47. The van der Waals surface area contributed by atoms with Crippen LogP contribution in [0.2, 0.25) is 0 Å². The first-order valence-corrected chi connectivity index (χ1v) is 6.04. The molecule has 2 heteroatoms. The highest BCUT2D eigenvalue weighted by Crippen LogP contribution is 2.09. The van der Waals surface area contributed by atoms with Crippen molar-refractivity contribution >= 4 is 6.79 Å². The summed E-state index contributed by atoms with van der Waals surface area (Å²) in [7, 11) is 1.67. The minimum absolute atomic E-state index is 0.917. The van der Waals surface area contributed by atoms with E-state index in [1.54, 1.807) is 7.11 Å². The number of methoxy groups -OCH3 is 1. The zero-order chi connectivity index (χ0) is 14.7. The summed E-state index contributed by atoms with van der Waals surface area (Å²) in [5, 5.41) is 0. The van der Waals surface area contributed by atoms with Crippen LogP contribution in [-0.2, 0) is 4.79 Å². The molecule has 0 spiro atoms. The fourth-order valence-corrected chi connectivity index (χ4v) is 1.31. The number of carbonyl (C=O) groups excluding carboxylic acids is 1. The average molecular weight is 258 g/mol. The van der Waals surface area contributed by atoms with Crippen molar-refractivity contribution < 1.29 is 9.53 Å². The third kappa shape index (κ3) is 7.77. The number of rotatable bonds is 1. The summed E-state index contributed by atoms with van der Waals surface area (Å²) < 4.78 is 4.97. The second kappa shape index (κ2) is 9.89. The molecule has 102 valence electrons. The molecule has 0 bridgehead atoms. The normalized spacial score (nSPS) is 8.42. The monoisotopic (exact) mass is 258 g/mol.